The first kappa shape index (κ1) is 19.7. The van der Waals surface area contributed by atoms with Crippen LogP contribution in [0.15, 0.2) is 67.0 Å². The Morgan fingerprint density at radius 2 is 1.84 bits per heavy atom. The van der Waals surface area contributed by atoms with Crippen LogP contribution in [0.25, 0.3) is 33.5 Å². The van der Waals surface area contributed by atoms with Gasteiger partial charge in [-0.15, -0.1) is 0 Å². The lowest BCUT2D eigenvalue weighted by molar-refractivity contribution is 0.0788. The fourth-order valence-electron chi connectivity index (χ4n) is 4.05. The molecule has 0 saturated carbocycles. The van der Waals surface area contributed by atoms with Gasteiger partial charge in [-0.1, -0.05) is 30.3 Å². The van der Waals surface area contributed by atoms with E-state index in [0.29, 0.717) is 30.8 Å². The van der Waals surface area contributed by atoms with Crippen molar-refractivity contribution in [3.63, 3.8) is 0 Å². The van der Waals surface area contributed by atoms with Gasteiger partial charge in [-0.3, -0.25) is 9.78 Å². The Labute approximate surface area is 183 Å². The van der Waals surface area contributed by atoms with Crippen LogP contribution in [0.3, 0.4) is 0 Å². The predicted octanol–water partition coefficient (Wildman–Crippen LogP) is 3.77. The molecule has 1 fully saturated rings. The summed E-state index contributed by atoms with van der Waals surface area (Å²) in [7, 11) is 0. The van der Waals surface area contributed by atoms with Crippen LogP contribution in [0.4, 0.5) is 4.79 Å². The number of para-hydroxylation sites is 1. The zero-order valence-electron chi connectivity index (χ0n) is 17.2. The van der Waals surface area contributed by atoms with Gasteiger partial charge in [-0.25, -0.2) is 9.78 Å². The Morgan fingerprint density at radius 1 is 1.06 bits per heavy atom. The molecule has 5 rings (SSSR count). The first-order valence-electron chi connectivity index (χ1n) is 10.4. The molecule has 2 aromatic carbocycles. The van der Waals surface area contributed by atoms with Gasteiger partial charge >= 0.3 is 6.09 Å². The molecule has 0 radical (unpaired) electrons. The second-order valence-electron chi connectivity index (χ2n) is 7.82. The van der Waals surface area contributed by atoms with Gasteiger partial charge in [0.05, 0.1) is 29.8 Å². The van der Waals surface area contributed by atoms with Gasteiger partial charge in [0.2, 0.25) is 0 Å². The van der Waals surface area contributed by atoms with Crippen molar-refractivity contribution in [2.45, 2.75) is 12.5 Å². The summed E-state index contributed by atoms with van der Waals surface area (Å²) in [6.45, 7) is 0.911. The third-order valence-electron chi connectivity index (χ3n) is 5.67. The number of nitrogens with zero attached hydrogens (tertiary/aromatic N) is 3. The van der Waals surface area contributed by atoms with Crippen molar-refractivity contribution < 1.29 is 14.7 Å². The Balaban J connectivity index is 1.34. The Morgan fingerprint density at radius 3 is 2.62 bits per heavy atom. The van der Waals surface area contributed by atoms with Crippen molar-refractivity contribution in [2.24, 2.45) is 0 Å². The zero-order valence-corrected chi connectivity index (χ0v) is 17.2. The smallest absolute Gasteiger partial charge is 0.404 e. The van der Waals surface area contributed by atoms with E-state index in [1.807, 2.05) is 42.5 Å². The monoisotopic (exact) mass is 427 g/mol. The summed E-state index contributed by atoms with van der Waals surface area (Å²) in [6, 6.07) is 17.1. The van der Waals surface area contributed by atoms with Crippen molar-refractivity contribution in [2.75, 3.05) is 13.1 Å². The molecule has 160 valence electrons. The van der Waals surface area contributed by atoms with E-state index in [1.165, 1.54) is 0 Å². The Hall–Kier alpha value is -4.20. The first-order valence-corrected chi connectivity index (χ1v) is 10.4. The van der Waals surface area contributed by atoms with E-state index in [4.69, 9.17) is 10.1 Å². The van der Waals surface area contributed by atoms with Gasteiger partial charge in [0.1, 0.15) is 5.69 Å². The van der Waals surface area contributed by atoms with Gasteiger partial charge in [0.15, 0.2) is 0 Å². The van der Waals surface area contributed by atoms with Crippen molar-refractivity contribution >= 4 is 22.9 Å². The lowest BCUT2D eigenvalue weighted by Crippen LogP contribution is -2.37. The van der Waals surface area contributed by atoms with Gasteiger partial charge in [0, 0.05) is 35.1 Å². The van der Waals surface area contributed by atoms with Crippen molar-refractivity contribution in [1.82, 2.24) is 25.2 Å². The molecule has 0 bridgehead atoms. The van der Waals surface area contributed by atoms with Crippen LogP contribution in [-0.2, 0) is 0 Å². The zero-order chi connectivity index (χ0) is 22.1. The lowest BCUT2D eigenvalue weighted by Gasteiger charge is -2.16. The number of carbonyl (C=O) groups is 2. The van der Waals surface area contributed by atoms with E-state index >= 15 is 0 Å². The highest BCUT2D eigenvalue weighted by atomic mass is 16.4. The highest BCUT2D eigenvalue weighted by Crippen LogP contribution is 2.25. The Kier molecular flexibility index (Phi) is 5.03. The van der Waals surface area contributed by atoms with Crippen LogP contribution in [0.5, 0.6) is 0 Å². The summed E-state index contributed by atoms with van der Waals surface area (Å²) >= 11 is 0. The van der Waals surface area contributed by atoms with Gasteiger partial charge in [-0.05, 0) is 30.7 Å². The molecule has 0 aliphatic carbocycles. The summed E-state index contributed by atoms with van der Waals surface area (Å²) in [5.41, 5.74) is 4.81. The first-order chi connectivity index (χ1) is 15.6. The molecule has 2 aromatic heterocycles. The van der Waals surface area contributed by atoms with Crippen LogP contribution in [0, 0.1) is 0 Å². The number of hydrogen-bond donors (Lipinski definition) is 3. The van der Waals surface area contributed by atoms with Crippen molar-refractivity contribution in [3.8, 4) is 22.6 Å². The van der Waals surface area contributed by atoms with Gasteiger partial charge < -0.3 is 20.3 Å². The summed E-state index contributed by atoms with van der Waals surface area (Å²) < 4.78 is 0. The maximum Gasteiger partial charge on any atom is 0.404 e. The number of hydrogen-bond acceptors (Lipinski definition) is 4. The van der Waals surface area contributed by atoms with E-state index in [-0.39, 0.29) is 11.9 Å². The number of likely N-dealkylation sites (tertiary alicyclic amines) is 1. The molecular weight excluding hydrogens is 406 g/mol. The number of rotatable bonds is 4. The molecule has 1 aliphatic rings. The maximum absolute atomic E-state index is 12.8. The van der Waals surface area contributed by atoms with Crippen LogP contribution >= 0.6 is 0 Å². The average molecular weight is 427 g/mol. The summed E-state index contributed by atoms with van der Waals surface area (Å²) in [6.07, 6.45) is 2.98. The number of benzene rings is 2. The molecule has 1 saturated heterocycles. The normalized spacial score (nSPS) is 15.8. The molecule has 0 spiro atoms. The second kappa shape index (κ2) is 8.14. The number of carboxylic acid groups (broad SMARTS) is 1. The van der Waals surface area contributed by atoms with Crippen LogP contribution < -0.4 is 5.32 Å². The largest absolute Gasteiger partial charge is 0.465 e. The third-order valence-corrected chi connectivity index (χ3v) is 5.67. The van der Waals surface area contributed by atoms with Crippen LogP contribution in [0.2, 0.25) is 0 Å². The quantitative estimate of drug-likeness (QED) is 0.459. The molecule has 1 aliphatic heterocycles. The van der Waals surface area contributed by atoms with E-state index in [1.54, 1.807) is 29.4 Å². The summed E-state index contributed by atoms with van der Waals surface area (Å²) in [5.74, 6) is -0.107. The summed E-state index contributed by atoms with van der Waals surface area (Å²) in [4.78, 5) is 37.7. The fraction of sp³-hybridized carbons (Fsp3) is 0.167. The highest BCUT2D eigenvalue weighted by Gasteiger charge is 2.27. The SMILES string of the molecule is O=C(O)NC1CCN(C(=O)c2ccc(-c3cncc(-c4cc5ccccc5[nH]4)n3)cc2)C1. The van der Waals surface area contributed by atoms with Crippen molar-refractivity contribution in [1.29, 1.82) is 0 Å². The number of H-pyrrole nitrogens is 1. The molecule has 2 amide bonds. The minimum absolute atomic E-state index is 0.107. The van der Waals surface area contributed by atoms with Crippen LogP contribution in [-0.4, -0.2) is 56.1 Å². The van der Waals surface area contributed by atoms with E-state index < -0.39 is 6.09 Å². The van der Waals surface area contributed by atoms with Gasteiger partial charge in [0.25, 0.3) is 5.91 Å². The highest BCUT2D eigenvalue weighted by molar-refractivity contribution is 5.95. The molecule has 3 N–H and O–H groups in total. The molecule has 32 heavy (non-hydrogen) atoms. The number of amides is 2. The van der Waals surface area contributed by atoms with E-state index in [2.05, 4.69) is 15.3 Å². The standard InChI is InChI=1S/C24H21N5O3/c30-23(29-10-9-18(14-29)26-24(31)32)16-7-5-15(6-8-16)21-12-25-13-22(28-21)20-11-17-3-1-2-4-19(17)27-20/h1-8,11-13,18,26-27H,9-10,14H2,(H,31,32). The molecule has 8 nitrogen and oxygen atoms in total. The average Bonchev–Trinajstić information content (AvgIpc) is 3.45. The molecular formula is C24H21N5O3. The topological polar surface area (TPSA) is 111 Å². The van der Waals surface area contributed by atoms with Crippen LogP contribution in [0.1, 0.15) is 16.8 Å². The number of aromatic amines is 1. The molecule has 3 heterocycles. The fourth-order valence-corrected chi connectivity index (χ4v) is 4.05. The third kappa shape index (κ3) is 3.90. The predicted molar refractivity (Wildman–Crippen MR) is 120 cm³/mol. The van der Waals surface area contributed by atoms with Crippen molar-refractivity contribution in [3.05, 3.63) is 72.6 Å². The molecule has 4 aromatic rings. The van der Waals surface area contributed by atoms with E-state index in [0.717, 1.165) is 27.9 Å². The number of fused-ring (bicyclic) bond motifs is 1. The maximum atomic E-state index is 12.8. The molecule has 1 atom stereocenters. The minimum Gasteiger partial charge on any atom is -0.465 e. The number of aromatic nitrogens is 3. The number of carbonyl (C=O) groups excluding carboxylic acids is 1. The molecule has 8 heteroatoms. The van der Waals surface area contributed by atoms with Gasteiger partial charge in [-0.2, -0.15) is 0 Å². The van der Waals surface area contributed by atoms with E-state index in [9.17, 15) is 9.59 Å². The second-order valence-corrected chi connectivity index (χ2v) is 7.82. The lowest BCUT2D eigenvalue weighted by atomic mass is 10.1. The number of nitrogens with one attached hydrogen (secondary N) is 2. The summed E-state index contributed by atoms with van der Waals surface area (Å²) in [5, 5.41) is 12.4. The Bertz CT molecular complexity index is 1270. The minimum atomic E-state index is -1.07. The molecule has 1 unspecified atom stereocenters.